The fourth-order valence-electron chi connectivity index (χ4n) is 0.962. The number of non-ortho nitro benzene ring substituents is 1. The van der Waals surface area contributed by atoms with Gasteiger partial charge in [-0.3, -0.25) is 20.2 Å². The van der Waals surface area contributed by atoms with Crippen LogP contribution in [0.1, 0.15) is 0 Å². The van der Waals surface area contributed by atoms with Crippen LogP contribution in [0.5, 0.6) is 0 Å². The van der Waals surface area contributed by atoms with E-state index in [9.17, 15) is 28.6 Å². The molecular formula is C6H3IN2O6S. The van der Waals surface area contributed by atoms with E-state index in [2.05, 4.69) is 0 Å². The molecule has 0 heterocycles. The van der Waals surface area contributed by atoms with Crippen molar-refractivity contribution in [2.75, 3.05) is 0 Å². The minimum atomic E-state index is -3.91. The Hall–Kier alpha value is -1.30. The van der Waals surface area contributed by atoms with Crippen molar-refractivity contribution in [2.24, 2.45) is 0 Å². The Bertz CT molecular complexity index is 568. The zero-order valence-corrected chi connectivity index (χ0v) is 10.3. The van der Waals surface area contributed by atoms with Gasteiger partial charge in [0, 0.05) is 18.2 Å². The Morgan fingerprint density at radius 2 is 1.69 bits per heavy atom. The van der Waals surface area contributed by atoms with Crippen LogP contribution in [0, 0.1) is 20.2 Å². The van der Waals surface area contributed by atoms with Crippen LogP contribution in [-0.4, -0.2) is 18.3 Å². The molecular weight excluding hydrogens is 355 g/mol. The van der Waals surface area contributed by atoms with Crippen molar-refractivity contribution >= 4 is 39.6 Å². The summed E-state index contributed by atoms with van der Waals surface area (Å²) in [6, 6.07) is 2.34. The highest BCUT2D eigenvalue weighted by Crippen LogP contribution is 2.31. The standard InChI is InChI=1S/C6H3IN2O6S/c7-16(14,15)6-3-4(8(10)11)1-2-5(6)9(12)13/h1-3H. The number of hydrogen-bond acceptors (Lipinski definition) is 6. The lowest BCUT2D eigenvalue weighted by molar-refractivity contribution is -0.391. The van der Waals surface area contributed by atoms with Crippen LogP contribution in [0.2, 0.25) is 0 Å². The smallest absolute Gasteiger partial charge is 0.258 e. The maximum absolute atomic E-state index is 11.2. The van der Waals surface area contributed by atoms with Crippen LogP contribution in [0.4, 0.5) is 11.4 Å². The molecule has 0 aromatic heterocycles. The Labute approximate surface area is 101 Å². The molecule has 0 unspecified atom stereocenters. The lowest BCUT2D eigenvalue weighted by Gasteiger charge is -1.98. The van der Waals surface area contributed by atoms with Gasteiger partial charge in [0.15, 0.2) is 4.90 Å². The first-order valence-corrected chi connectivity index (χ1v) is 7.63. The van der Waals surface area contributed by atoms with Gasteiger partial charge in [-0.05, 0) is 0 Å². The maximum atomic E-state index is 11.2. The van der Waals surface area contributed by atoms with Crippen molar-refractivity contribution in [3.05, 3.63) is 38.4 Å². The largest absolute Gasteiger partial charge is 0.289 e. The summed E-state index contributed by atoms with van der Waals surface area (Å²) in [5, 5.41) is 20.9. The molecule has 0 aliphatic carbocycles. The summed E-state index contributed by atoms with van der Waals surface area (Å²) in [5.74, 6) is 0. The molecule has 0 bridgehead atoms. The fraction of sp³-hybridized carbons (Fsp3) is 0. The van der Waals surface area contributed by atoms with Crippen LogP contribution in [0.15, 0.2) is 23.1 Å². The number of nitrogens with zero attached hydrogens (tertiary/aromatic N) is 2. The first-order valence-electron chi connectivity index (χ1n) is 3.61. The highest BCUT2D eigenvalue weighted by molar-refractivity contribution is 14.2. The second-order valence-corrected chi connectivity index (χ2v) is 7.40. The van der Waals surface area contributed by atoms with Gasteiger partial charge < -0.3 is 0 Å². The van der Waals surface area contributed by atoms with E-state index in [0.29, 0.717) is 6.07 Å². The van der Waals surface area contributed by atoms with E-state index in [4.69, 9.17) is 0 Å². The van der Waals surface area contributed by atoms with E-state index in [-0.39, 0.29) is 0 Å². The van der Waals surface area contributed by atoms with E-state index < -0.39 is 33.1 Å². The van der Waals surface area contributed by atoms with Crippen LogP contribution in [0.25, 0.3) is 0 Å². The zero-order chi connectivity index (χ0) is 12.5. The first kappa shape index (κ1) is 12.8. The molecule has 0 atom stereocenters. The van der Waals surface area contributed by atoms with Crippen LogP contribution in [0.3, 0.4) is 0 Å². The Balaban J connectivity index is 3.58. The molecule has 8 nitrogen and oxygen atoms in total. The summed E-state index contributed by atoms with van der Waals surface area (Å²) in [6.45, 7) is 0. The summed E-state index contributed by atoms with van der Waals surface area (Å²) in [7, 11) is -3.91. The third-order valence-electron chi connectivity index (χ3n) is 1.61. The molecule has 0 spiro atoms. The van der Waals surface area contributed by atoms with Crippen molar-refractivity contribution in [2.45, 2.75) is 4.90 Å². The zero-order valence-electron chi connectivity index (χ0n) is 7.36. The molecule has 10 heteroatoms. The van der Waals surface area contributed by atoms with Gasteiger partial charge in [-0.2, -0.15) is 0 Å². The van der Waals surface area contributed by atoms with Crippen molar-refractivity contribution in [3.8, 4) is 0 Å². The molecule has 0 aliphatic rings. The Morgan fingerprint density at radius 1 is 1.12 bits per heavy atom. The third kappa shape index (κ3) is 2.63. The molecule has 1 aromatic rings. The number of nitro groups is 2. The van der Waals surface area contributed by atoms with Gasteiger partial charge in [0.05, 0.1) is 31.1 Å². The van der Waals surface area contributed by atoms with E-state index in [0.717, 1.165) is 33.3 Å². The molecule has 0 N–H and O–H groups in total. The Kier molecular flexibility index (Phi) is 3.42. The summed E-state index contributed by atoms with van der Waals surface area (Å²) >= 11 is 0.987. The molecule has 1 aromatic carbocycles. The molecule has 1 rings (SSSR count). The van der Waals surface area contributed by atoms with E-state index in [1.807, 2.05) is 0 Å². The quantitative estimate of drug-likeness (QED) is 0.350. The SMILES string of the molecule is O=[N+]([O-])c1ccc([N+](=O)[O-])c(S(=O)(=O)I)c1. The molecule has 0 amide bonds. The summed E-state index contributed by atoms with van der Waals surface area (Å²) in [5.41, 5.74) is -1.19. The van der Waals surface area contributed by atoms with Gasteiger partial charge in [-0.15, -0.1) is 0 Å². The molecule has 0 saturated carbocycles. The Morgan fingerprint density at radius 3 is 2.06 bits per heavy atom. The molecule has 0 aliphatic heterocycles. The van der Waals surface area contributed by atoms with Gasteiger partial charge in [0.1, 0.15) is 0 Å². The van der Waals surface area contributed by atoms with Gasteiger partial charge in [-0.25, -0.2) is 8.42 Å². The predicted octanol–water partition coefficient (Wildman–Crippen LogP) is 1.63. The van der Waals surface area contributed by atoms with Gasteiger partial charge >= 0.3 is 0 Å². The average molecular weight is 358 g/mol. The normalized spacial score (nSPS) is 11.1. The number of benzene rings is 1. The average Bonchev–Trinajstić information content (AvgIpc) is 2.15. The second kappa shape index (κ2) is 4.29. The number of rotatable bonds is 3. The maximum Gasteiger partial charge on any atom is 0.289 e. The molecule has 0 radical (unpaired) electrons. The van der Waals surface area contributed by atoms with Gasteiger partial charge in [-0.1, -0.05) is 0 Å². The minimum Gasteiger partial charge on any atom is -0.258 e. The molecule has 16 heavy (non-hydrogen) atoms. The van der Waals surface area contributed by atoms with Crippen molar-refractivity contribution in [3.63, 3.8) is 0 Å². The van der Waals surface area contributed by atoms with Crippen molar-refractivity contribution in [1.82, 2.24) is 0 Å². The summed E-state index contributed by atoms with van der Waals surface area (Å²) in [4.78, 5) is 18.5. The lowest BCUT2D eigenvalue weighted by atomic mass is 10.3. The summed E-state index contributed by atoms with van der Waals surface area (Å²) < 4.78 is 22.4. The minimum absolute atomic E-state index is 0.513. The highest BCUT2D eigenvalue weighted by atomic mass is 127. The predicted molar refractivity (Wildman–Crippen MR) is 61.0 cm³/mol. The lowest BCUT2D eigenvalue weighted by Crippen LogP contribution is -2.00. The number of halogens is 1. The summed E-state index contributed by atoms with van der Waals surface area (Å²) in [6.07, 6.45) is 0. The van der Waals surface area contributed by atoms with Crippen LogP contribution >= 0.6 is 21.2 Å². The van der Waals surface area contributed by atoms with Crippen LogP contribution < -0.4 is 0 Å². The van der Waals surface area contributed by atoms with Gasteiger partial charge in [0.2, 0.25) is 7.01 Å². The van der Waals surface area contributed by atoms with E-state index in [1.165, 1.54) is 0 Å². The highest BCUT2D eigenvalue weighted by Gasteiger charge is 2.26. The van der Waals surface area contributed by atoms with Crippen molar-refractivity contribution in [1.29, 1.82) is 0 Å². The monoisotopic (exact) mass is 358 g/mol. The number of hydrogen-bond donors (Lipinski definition) is 0. The third-order valence-corrected chi connectivity index (χ3v) is 3.89. The second-order valence-electron chi connectivity index (χ2n) is 2.60. The number of nitro benzene ring substituents is 2. The fourth-order valence-corrected chi connectivity index (χ4v) is 2.67. The van der Waals surface area contributed by atoms with Crippen LogP contribution in [-0.2, 0) is 7.01 Å². The van der Waals surface area contributed by atoms with Crippen molar-refractivity contribution < 1.29 is 18.3 Å². The topological polar surface area (TPSA) is 120 Å². The molecule has 86 valence electrons. The van der Waals surface area contributed by atoms with E-state index in [1.54, 1.807) is 0 Å². The molecule has 0 saturated heterocycles. The first-order chi connectivity index (χ1) is 7.23. The van der Waals surface area contributed by atoms with E-state index >= 15 is 0 Å². The van der Waals surface area contributed by atoms with Gasteiger partial charge in [0.25, 0.3) is 11.4 Å². The molecule has 0 fully saturated rings.